The minimum atomic E-state index is 0.592. The fraction of sp³-hybridized carbons (Fsp3) is 0.500. The first-order valence-electron chi connectivity index (χ1n) is 4.65. The van der Waals surface area contributed by atoms with Gasteiger partial charge in [0.25, 0.3) is 0 Å². The fourth-order valence-electron chi connectivity index (χ4n) is 1.32. The first-order chi connectivity index (χ1) is 5.67. The summed E-state index contributed by atoms with van der Waals surface area (Å²) in [5, 5.41) is 0. The zero-order valence-electron chi connectivity index (χ0n) is 8.72. The lowest BCUT2D eigenvalue weighted by molar-refractivity contribution is 0.776. The molecule has 0 heteroatoms. The first kappa shape index (κ1) is 11.2. The molecule has 0 spiro atoms. The van der Waals surface area contributed by atoms with Crippen LogP contribution in [0.25, 0.3) is 0 Å². The predicted molar refractivity (Wildman–Crippen MR) is 57.2 cm³/mol. The van der Waals surface area contributed by atoms with E-state index in [9.17, 15) is 0 Å². The number of hydrogen-bond acceptors (Lipinski definition) is 0. The smallest absolute Gasteiger partial charge is 0.0216 e. The Labute approximate surface area is 76.7 Å². The summed E-state index contributed by atoms with van der Waals surface area (Å²) in [6.07, 6.45) is 7.32. The lowest BCUT2D eigenvalue weighted by Gasteiger charge is -2.10. The Morgan fingerprint density at radius 1 is 1.42 bits per heavy atom. The summed E-state index contributed by atoms with van der Waals surface area (Å²) in [6, 6.07) is 0. The van der Waals surface area contributed by atoms with E-state index in [1.54, 1.807) is 0 Å². The van der Waals surface area contributed by atoms with Crippen molar-refractivity contribution in [2.24, 2.45) is 5.92 Å². The molecule has 0 atom stereocenters. The Morgan fingerprint density at radius 2 is 2.00 bits per heavy atom. The monoisotopic (exact) mass is 164 g/mol. The van der Waals surface area contributed by atoms with Gasteiger partial charge in [-0.3, -0.25) is 0 Å². The molecule has 68 valence electrons. The van der Waals surface area contributed by atoms with Crippen LogP contribution in [0.1, 0.15) is 34.1 Å². The van der Waals surface area contributed by atoms with E-state index in [1.807, 2.05) is 6.08 Å². The minimum Gasteiger partial charge on any atom is -0.0988 e. The molecule has 0 aliphatic rings. The number of hydrogen-bond donors (Lipinski definition) is 0. The summed E-state index contributed by atoms with van der Waals surface area (Å²) in [6.45, 7) is 12.5. The SMILES string of the molecule is C=CC(CC)=C(C=CC)C(C)C. The number of rotatable bonds is 4. The standard InChI is InChI=1S/C12H20/c1-6-9-12(10(4)5)11(7-2)8-3/h6-7,9-10H,2,8H2,1,3-5H3. The molecule has 0 aromatic heterocycles. The molecule has 0 bridgehead atoms. The molecule has 0 amide bonds. The van der Waals surface area contributed by atoms with Crippen LogP contribution < -0.4 is 0 Å². The van der Waals surface area contributed by atoms with Crippen LogP contribution in [0.3, 0.4) is 0 Å². The Morgan fingerprint density at radius 3 is 2.25 bits per heavy atom. The van der Waals surface area contributed by atoms with Gasteiger partial charge >= 0.3 is 0 Å². The van der Waals surface area contributed by atoms with E-state index < -0.39 is 0 Å². The number of allylic oxidation sites excluding steroid dienone is 5. The van der Waals surface area contributed by atoms with E-state index >= 15 is 0 Å². The summed E-state index contributed by atoms with van der Waals surface area (Å²) in [5.74, 6) is 0.592. The van der Waals surface area contributed by atoms with Crippen molar-refractivity contribution < 1.29 is 0 Å². The van der Waals surface area contributed by atoms with Crippen LogP contribution in [0.15, 0.2) is 36.0 Å². The highest BCUT2D eigenvalue weighted by atomic mass is 14.1. The molecule has 0 heterocycles. The van der Waals surface area contributed by atoms with Crippen LogP contribution in [-0.4, -0.2) is 0 Å². The van der Waals surface area contributed by atoms with Gasteiger partial charge in [-0.05, 0) is 30.4 Å². The highest BCUT2D eigenvalue weighted by Gasteiger charge is 2.02. The van der Waals surface area contributed by atoms with Gasteiger partial charge in [0.2, 0.25) is 0 Å². The Balaban J connectivity index is 4.88. The maximum atomic E-state index is 3.83. The van der Waals surface area contributed by atoms with Crippen LogP contribution in [0.5, 0.6) is 0 Å². The molecular weight excluding hydrogens is 144 g/mol. The molecule has 0 rings (SSSR count). The highest BCUT2D eigenvalue weighted by Crippen LogP contribution is 2.19. The summed E-state index contributed by atoms with van der Waals surface area (Å²) in [7, 11) is 0. The van der Waals surface area contributed by atoms with Crippen LogP contribution in [0.4, 0.5) is 0 Å². The fourth-order valence-corrected chi connectivity index (χ4v) is 1.32. The molecular formula is C12H20. The summed E-state index contributed by atoms with van der Waals surface area (Å²) in [4.78, 5) is 0. The van der Waals surface area contributed by atoms with Crippen LogP contribution in [0, 0.1) is 5.92 Å². The van der Waals surface area contributed by atoms with Gasteiger partial charge in [-0.25, -0.2) is 0 Å². The summed E-state index contributed by atoms with van der Waals surface area (Å²) in [5.41, 5.74) is 2.78. The first-order valence-corrected chi connectivity index (χ1v) is 4.65. The van der Waals surface area contributed by atoms with E-state index in [4.69, 9.17) is 0 Å². The molecule has 0 aliphatic carbocycles. The zero-order valence-corrected chi connectivity index (χ0v) is 8.72. The molecule has 0 unspecified atom stereocenters. The zero-order chi connectivity index (χ0) is 9.56. The van der Waals surface area contributed by atoms with Crippen LogP contribution in [0.2, 0.25) is 0 Å². The summed E-state index contributed by atoms with van der Waals surface area (Å²) < 4.78 is 0. The van der Waals surface area contributed by atoms with E-state index in [0.29, 0.717) is 5.92 Å². The van der Waals surface area contributed by atoms with Gasteiger partial charge in [0.1, 0.15) is 0 Å². The van der Waals surface area contributed by atoms with E-state index in [-0.39, 0.29) is 0 Å². The highest BCUT2D eigenvalue weighted by molar-refractivity contribution is 5.33. The molecule has 0 fully saturated rings. The van der Waals surface area contributed by atoms with Gasteiger partial charge in [-0.1, -0.05) is 45.6 Å². The topological polar surface area (TPSA) is 0 Å². The molecule has 0 saturated carbocycles. The van der Waals surface area contributed by atoms with E-state index in [2.05, 4.69) is 46.4 Å². The summed E-state index contributed by atoms with van der Waals surface area (Å²) >= 11 is 0. The molecule has 0 aromatic rings. The maximum Gasteiger partial charge on any atom is -0.0216 e. The molecule has 0 radical (unpaired) electrons. The lowest BCUT2D eigenvalue weighted by atomic mass is 9.95. The van der Waals surface area contributed by atoms with Gasteiger partial charge in [-0.2, -0.15) is 0 Å². The van der Waals surface area contributed by atoms with Gasteiger partial charge in [0.15, 0.2) is 0 Å². The van der Waals surface area contributed by atoms with Crippen molar-refractivity contribution in [2.45, 2.75) is 34.1 Å². The van der Waals surface area contributed by atoms with Gasteiger partial charge in [0, 0.05) is 0 Å². The van der Waals surface area contributed by atoms with Gasteiger partial charge in [0.05, 0.1) is 0 Å². The van der Waals surface area contributed by atoms with Gasteiger partial charge < -0.3 is 0 Å². The van der Waals surface area contributed by atoms with Crippen molar-refractivity contribution in [3.8, 4) is 0 Å². The third-order valence-electron chi connectivity index (χ3n) is 1.97. The average Bonchev–Trinajstić information content (AvgIpc) is 2.05. The average molecular weight is 164 g/mol. The third kappa shape index (κ3) is 3.08. The molecule has 0 nitrogen and oxygen atoms in total. The van der Waals surface area contributed by atoms with Gasteiger partial charge in [-0.15, -0.1) is 0 Å². The van der Waals surface area contributed by atoms with Crippen molar-refractivity contribution in [1.82, 2.24) is 0 Å². The quantitative estimate of drug-likeness (QED) is 0.548. The van der Waals surface area contributed by atoms with Crippen molar-refractivity contribution in [3.05, 3.63) is 36.0 Å². The van der Waals surface area contributed by atoms with Crippen molar-refractivity contribution in [3.63, 3.8) is 0 Å². The molecule has 0 N–H and O–H groups in total. The van der Waals surface area contributed by atoms with Crippen LogP contribution >= 0.6 is 0 Å². The normalized spacial score (nSPS) is 13.8. The van der Waals surface area contributed by atoms with Crippen LogP contribution in [-0.2, 0) is 0 Å². The van der Waals surface area contributed by atoms with E-state index in [0.717, 1.165) is 6.42 Å². The Kier molecular flexibility index (Phi) is 5.44. The van der Waals surface area contributed by atoms with Crippen molar-refractivity contribution >= 4 is 0 Å². The lowest BCUT2D eigenvalue weighted by Crippen LogP contribution is -1.94. The predicted octanol–water partition coefficient (Wildman–Crippen LogP) is 4.11. The Bertz CT molecular complexity index is 192. The second-order valence-electron chi connectivity index (χ2n) is 3.19. The minimum absolute atomic E-state index is 0.592. The molecule has 0 aromatic carbocycles. The molecule has 0 aliphatic heterocycles. The van der Waals surface area contributed by atoms with E-state index in [1.165, 1.54) is 11.1 Å². The molecule has 12 heavy (non-hydrogen) atoms. The second kappa shape index (κ2) is 5.82. The maximum absolute atomic E-state index is 3.83. The Hall–Kier alpha value is -0.780. The third-order valence-corrected chi connectivity index (χ3v) is 1.97. The molecule has 0 saturated heterocycles. The second-order valence-corrected chi connectivity index (χ2v) is 3.19. The van der Waals surface area contributed by atoms with Crippen molar-refractivity contribution in [2.75, 3.05) is 0 Å². The largest absolute Gasteiger partial charge is 0.0988 e. The van der Waals surface area contributed by atoms with Crippen molar-refractivity contribution in [1.29, 1.82) is 0 Å².